The topological polar surface area (TPSA) is 61.4 Å². The van der Waals surface area contributed by atoms with Crippen LogP contribution in [-0.4, -0.2) is 42.6 Å². The second-order valence-corrected chi connectivity index (χ2v) is 6.58. The summed E-state index contributed by atoms with van der Waals surface area (Å²) >= 11 is 0. The monoisotopic (exact) mass is 339 g/mol. The van der Waals surface area contributed by atoms with Crippen molar-refractivity contribution in [1.82, 2.24) is 9.97 Å². The van der Waals surface area contributed by atoms with Gasteiger partial charge in [0.15, 0.2) is 0 Å². The molecule has 132 valence electrons. The number of aryl methyl sites for hydroxylation is 1. The zero-order chi connectivity index (χ0) is 17.8. The Labute approximate surface area is 148 Å². The summed E-state index contributed by atoms with van der Waals surface area (Å²) in [6.45, 7) is 6.36. The largest absolute Gasteiger partial charge is 0.356 e. The average Bonchev–Trinajstić information content (AvgIpc) is 3.14. The highest BCUT2D eigenvalue weighted by molar-refractivity contribution is 5.94. The third-order valence-corrected chi connectivity index (χ3v) is 4.72. The summed E-state index contributed by atoms with van der Waals surface area (Å²) < 4.78 is 0. The van der Waals surface area contributed by atoms with Gasteiger partial charge in [0, 0.05) is 31.9 Å². The number of hydrogen-bond acceptors (Lipinski definition) is 5. The third-order valence-electron chi connectivity index (χ3n) is 4.72. The zero-order valence-corrected chi connectivity index (χ0v) is 15.1. The van der Waals surface area contributed by atoms with E-state index in [2.05, 4.69) is 20.2 Å². The van der Waals surface area contributed by atoms with Crippen LogP contribution in [0.2, 0.25) is 0 Å². The molecule has 0 saturated carbocycles. The van der Waals surface area contributed by atoms with Crippen molar-refractivity contribution in [3.63, 3.8) is 0 Å². The first-order valence-electron chi connectivity index (χ1n) is 8.69. The molecule has 1 aromatic heterocycles. The summed E-state index contributed by atoms with van der Waals surface area (Å²) in [4.78, 5) is 25.2. The summed E-state index contributed by atoms with van der Waals surface area (Å²) in [5, 5.41) is 2.99. The van der Waals surface area contributed by atoms with Gasteiger partial charge in [-0.15, -0.1) is 0 Å². The average molecular weight is 339 g/mol. The lowest BCUT2D eigenvalue weighted by Gasteiger charge is -2.21. The van der Waals surface area contributed by atoms with Crippen LogP contribution in [0, 0.1) is 13.8 Å². The molecule has 1 aliphatic heterocycles. The van der Waals surface area contributed by atoms with Crippen molar-refractivity contribution in [3.05, 3.63) is 41.7 Å². The van der Waals surface area contributed by atoms with Crippen molar-refractivity contribution in [1.29, 1.82) is 0 Å². The van der Waals surface area contributed by atoms with Crippen molar-refractivity contribution in [2.45, 2.75) is 26.7 Å². The number of nitrogens with zero attached hydrogens (tertiary/aromatic N) is 4. The second kappa shape index (κ2) is 7.51. The Morgan fingerprint density at radius 2 is 2.00 bits per heavy atom. The van der Waals surface area contributed by atoms with Gasteiger partial charge in [-0.1, -0.05) is 12.1 Å². The van der Waals surface area contributed by atoms with E-state index in [4.69, 9.17) is 0 Å². The predicted octanol–water partition coefficient (Wildman–Crippen LogP) is 2.77. The predicted molar refractivity (Wildman–Crippen MR) is 101 cm³/mol. The van der Waals surface area contributed by atoms with Crippen LogP contribution in [0.25, 0.3) is 0 Å². The van der Waals surface area contributed by atoms with Gasteiger partial charge in [-0.3, -0.25) is 4.79 Å². The van der Waals surface area contributed by atoms with Gasteiger partial charge in [0.1, 0.15) is 18.0 Å². The van der Waals surface area contributed by atoms with Crippen molar-refractivity contribution >= 4 is 23.2 Å². The minimum absolute atomic E-state index is 0.0578. The summed E-state index contributed by atoms with van der Waals surface area (Å²) in [6.07, 6.45) is 3.98. The summed E-state index contributed by atoms with van der Waals surface area (Å²) in [6, 6.07) is 7.87. The van der Waals surface area contributed by atoms with Crippen molar-refractivity contribution in [2.75, 3.05) is 41.8 Å². The molecule has 1 amide bonds. The number of aromatic nitrogens is 2. The van der Waals surface area contributed by atoms with Gasteiger partial charge in [-0.25, -0.2) is 9.97 Å². The lowest BCUT2D eigenvalue weighted by atomic mass is 10.1. The number of hydrogen-bond donors (Lipinski definition) is 1. The Hall–Kier alpha value is -2.63. The van der Waals surface area contributed by atoms with Crippen LogP contribution in [0.5, 0.6) is 0 Å². The van der Waals surface area contributed by atoms with E-state index in [1.54, 1.807) is 6.33 Å². The van der Waals surface area contributed by atoms with Crippen molar-refractivity contribution in [2.24, 2.45) is 0 Å². The van der Waals surface area contributed by atoms with Gasteiger partial charge in [0.05, 0.1) is 6.54 Å². The molecule has 0 atom stereocenters. The molecular formula is C19H25N5O. The number of benzene rings is 1. The lowest BCUT2D eigenvalue weighted by Crippen LogP contribution is -2.31. The van der Waals surface area contributed by atoms with E-state index >= 15 is 0 Å². The molecule has 6 nitrogen and oxygen atoms in total. The Bertz CT molecular complexity index is 755. The van der Waals surface area contributed by atoms with E-state index in [0.717, 1.165) is 41.5 Å². The zero-order valence-electron chi connectivity index (χ0n) is 15.1. The van der Waals surface area contributed by atoms with E-state index in [0.29, 0.717) is 0 Å². The Balaban J connectivity index is 1.65. The highest BCUT2D eigenvalue weighted by Crippen LogP contribution is 2.21. The van der Waals surface area contributed by atoms with E-state index in [9.17, 15) is 4.79 Å². The normalized spacial score (nSPS) is 13.8. The minimum atomic E-state index is -0.0578. The minimum Gasteiger partial charge on any atom is -0.356 e. The molecule has 0 radical (unpaired) electrons. The first-order chi connectivity index (χ1) is 12.0. The highest BCUT2D eigenvalue weighted by atomic mass is 16.2. The molecular weight excluding hydrogens is 314 g/mol. The van der Waals surface area contributed by atoms with Crippen LogP contribution in [0.1, 0.15) is 24.0 Å². The molecule has 0 aliphatic carbocycles. The molecule has 2 aromatic rings. The number of carbonyl (C=O) groups is 1. The first-order valence-corrected chi connectivity index (χ1v) is 8.69. The van der Waals surface area contributed by atoms with E-state index in [1.165, 1.54) is 12.8 Å². The molecule has 0 bridgehead atoms. The molecule has 0 unspecified atom stereocenters. The molecule has 2 heterocycles. The number of likely N-dealkylation sites (N-methyl/N-ethyl adjacent to an activating group) is 1. The van der Waals surface area contributed by atoms with Gasteiger partial charge in [-0.05, 0) is 43.9 Å². The number of anilines is 3. The maximum Gasteiger partial charge on any atom is 0.243 e. The Kier molecular flexibility index (Phi) is 5.16. The maximum atomic E-state index is 12.4. The van der Waals surface area contributed by atoms with Crippen LogP contribution in [0.4, 0.5) is 17.3 Å². The summed E-state index contributed by atoms with van der Waals surface area (Å²) in [7, 11) is 1.87. The number of amides is 1. The van der Waals surface area contributed by atoms with Crippen LogP contribution in [0.15, 0.2) is 30.6 Å². The molecule has 1 saturated heterocycles. The van der Waals surface area contributed by atoms with Gasteiger partial charge in [0.2, 0.25) is 5.91 Å². The van der Waals surface area contributed by atoms with Crippen molar-refractivity contribution < 1.29 is 4.79 Å². The molecule has 1 aliphatic rings. The van der Waals surface area contributed by atoms with E-state index in [-0.39, 0.29) is 12.5 Å². The highest BCUT2D eigenvalue weighted by Gasteiger charge is 2.16. The quantitative estimate of drug-likeness (QED) is 0.907. The number of nitrogens with one attached hydrogen (secondary N) is 1. The summed E-state index contributed by atoms with van der Waals surface area (Å²) in [5.74, 6) is 1.63. The van der Waals surface area contributed by atoms with Crippen LogP contribution < -0.4 is 15.1 Å². The van der Waals surface area contributed by atoms with E-state index in [1.807, 2.05) is 50.1 Å². The van der Waals surface area contributed by atoms with Gasteiger partial charge >= 0.3 is 0 Å². The number of rotatable bonds is 5. The molecule has 1 aromatic carbocycles. The van der Waals surface area contributed by atoms with Crippen LogP contribution >= 0.6 is 0 Å². The Morgan fingerprint density at radius 1 is 1.24 bits per heavy atom. The molecule has 0 spiro atoms. The summed E-state index contributed by atoms with van der Waals surface area (Å²) in [5.41, 5.74) is 3.12. The number of carbonyl (C=O) groups excluding carboxylic acids is 1. The maximum absolute atomic E-state index is 12.4. The lowest BCUT2D eigenvalue weighted by molar-refractivity contribution is -0.114. The molecule has 3 rings (SSSR count). The molecule has 1 fully saturated rings. The van der Waals surface area contributed by atoms with Crippen LogP contribution in [0.3, 0.4) is 0 Å². The fraction of sp³-hybridized carbons (Fsp3) is 0.421. The van der Waals surface area contributed by atoms with Crippen LogP contribution in [-0.2, 0) is 4.79 Å². The second-order valence-electron chi connectivity index (χ2n) is 6.58. The van der Waals surface area contributed by atoms with Gasteiger partial charge < -0.3 is 15.1 Å². The molecule has 1 N–H and O–H groups in total. The smallest absolute Gasteiger partial charge is 0.243 e. The third kappa shape index (κ3) is 4.07. The fourth-order valence-electron chi connectivity index (χ4n) is 3.04. The Morgan fingerprint density at radius 3 is 2.76 bits per heavy atom. The molecule has 6 heteroatoms. The van der Waals surface area contributed by atoms with Crippen molar-refractivity contribution in [3.8, 4) is 0 Å². The van der Waals surface area contributed by atoms with Gasteiger partial charge in [0.25, 0.3) is 0 Å². The first kappa shape index (κ1) is 17.2. The van der Waals surface area contributed by atoms with Gasteiger partial charge in [-0.2, -0.15) is 0 Å². The fourth-order valence-corrected chi connectivity index (χ4v) is 3.04. The van der Waals surface area contributed by atoms with E-state index < -0.39 is 0 Å². The molecule has 25 heavy (non-hydrogen) atoms. The standard InChI is InChI=1S/C19H25N5O/c1-14-7-6-8-16(15(14)2)22-19(25)12-23(3)17-11-18(21-13-20-17)24-9-4-5-10-24/h6-8,11,13H,4-5,9-10,12H2,1-3H3,(H,22,25). The SMILES string of the molecule is Cc1cccc(NC(=O)CN(C)c2cc(N3CCCC3)ncn2)c1C.